The summed E-state index contributed by atoms with van der Waals surface area (Å²) in [7, 11) is 0. The van der Waals surface area contributed by atoms with E-state index < -0.39 is 40.1 Å². The zero-order valence-electron chi connectivity index (χ0n) is 10.2. The van der Waals surface area contributed by atoms with Crippen molar-refractivity contribution in [3.63, 3.8) is 0 Å². The lowest BCUT2D eigenvalue weighted by Gasteiger charge is -2.13. The van der Waals surface area contributed by atoms with Gasteiger partial charge in [0.2, 0.25) is 5.75 Å². The first kappa shape index (κ1) is 14.8. The number of ether oxygens (including phenoxy) is 2. The molecule has 0 heterocycles. The Kier molecular flexibility index (Phi) is 4.74. The van der Waals surface area contributed by atoms with Crippen LogP contribution in [0, 0.1) is 21.7 Å². The second-order valence-electron chi connectivity index (χ2n) is 3.51. The average molecular weight is 275 g/mol. The molecule has 0 spiro atoms. The maximum atomic E-state index is 13.5. The Balaban J connectivity index is 3.06. The van der Waals surface area contributed by atoms with Gasteiger partial charge in [-0.25, -0.2) is 13.6 Å². The number of nitro benzene ring substituents is 1. The minimum absolute atomic E-state index is 0.0839. The molecule has 0 saturated heterocycles. The van der Waals surface area contributed by atoms with Gasteiger partial charge >= 0.3 is 11.7 Å². The van der Waals surface area contributed by atoms with Gasteiger partial charge in [-0.2, -0.15) is 0 Å². The van der Waals surface area contributed by atoms with Crippen molar-refractivity contribution < 1.29 is 28.0 Å². The van der Waals surface area contributed by atoms with Crippen LogP contribution in [0.2, 0.25) is 0 Å². The van der Waals surface area contributed by atoms with Gasteiger partial charge in [-0.3, -0.25) is 10.1 Å². The Morgan fingerprint density at radius 2 is 2.11 bits per heavy atom. The van der Waals surface area contributed by atoms with Crippen molar-refractivity contribution in [2.75, 3.05) is 6.61 Å². The van der Waals surface area contributed by atoms with Gasteiger partial charge in [0.1, 0.15) is 5.82 Å². The predicted molar refractivity (Wildman–Crippen MR) is 59.7 cm³/mol. The highest BCUT2D eigenvalue weighted by atomic mass is 19.1. The van der Waals surface area contributed by atoms with E-state index in [-0.39, 0.29) is 6.61 Å². The average Bonchev–Trinajstić information content (AvgIpc) is 2.32. The summed E-state index contributed by atoms with van der Waals surface area (Å²) in [5.41, 5.74) is -0.895. The van der Waals surface area contributed by atoms with E-state index in [2.05, 4.69) is 4.74 Å². The summed E-state index contributed by atoms with van der Waals surface area (Å²) in [6.45, 7) is 2.89. The van der Waals surface area contributed by atoms with Crippen molar-refractivity contribution in [3.05, 3.63) is 33.9 Å². The molecule has 19 heavy (non-hydrogen) atoms. The zero-order valence-corrected chi connectivity index (χ0v) is 10.2. The molecule has 0 radical (unpaired) electrons. The summed E-state index contributed by atoms with van der Waals surface area (Å²) in [6, 6.07) is 0.941. The second-order valence-corrected chi connectivity index (χ2v) is 3.51. The fourth-order valence-electron chi connectivity index (χ4n) is 1.28. The van der Waals surface area contributed by atoms with Crippen molar-refractivity contribution in [2.24, 2.45) is 0 Å². The molecule has 0 fully saturated rings. The van der Waals surface area contributed by atoms with E-state index in [0.29, 0.717) is 12.1 Å². The third-order valence-corrected chi connectivity index (χ3v) is 2.10. The highest BCUT2D eigenvalue weighted by molar-refractivity contribution is 5.74. The van der Waals surface area contributed by atoms with Crippen LogP contribution in [0.25, 0.3) is 0 Å². The lowest BCUT2D eigenvalue weighted by Crippen LogP contribution is -2.26. The van der Waals surface area contributed by atoms with Gasteiger partial charge in [0.25, 0.3) is 0 Å². The topological polar surface area (TPSA) is 78.7 Å². The summed E-state index contributed by atoms with van der Waals surface area (Å²) in [5, 5.41) is 10.7. The summed E-state index contributed by atoms with van der Waals surface area (Å²) < 4.78 is 35.8. The maximum absolute atomic E-state index is 13.5. The number of halogens is 2. The minimum atomic E-state index is -1.26. The smallest absolute Gasteiger partial charge is 0.347 e. The number of rotatable bonds is 5. The predicted octanol–water partition coefficient (Wildman–Crippen LogP) is 2.20. The van der Waals surface area contributed by atoms with Crippen molar-refractivity contribution >= 4 is 11.7 Å². The number of hydrogen-bond acceptors (Lipinski definition) is 5. The van der Waals surface area contributed by atoms with Crippen LogP contribution in [0.3, 0.4) is 0 Å². The third kappa shape index (κ3) is 3.60. The summed E-state index contributed by atoms with van der Waals surface area (Å²) in [4.78, 5) is 21.0. The Bertz CT molecular complexity index is 506. The number of benzene rings is 1. The summed E-state index contributed by atoms with van der Waals surface area (Å²) in [5.74, 6) is -3.98. The number of nitro groups is 1. The Morgan fingerprint density at radius 3 is 2.63 bits per heavy atom. The molecule has 0 saturated carbocycles. The van der Waals surface area contributed by atoms with Crippen LogP contribution in [-0.2, 0) is 9.53 Å². The normalized spacial score (nSPS) is 11.8. The highest BCUT2D eigenvalue weighted by Crippen LogP contribution is 2.31. The molecule has 1 aromatic carbocycles. The van der Waals surface area contributed by atoms with Crippen molar-refractivity contribution in [1.29, 1.82) is 0 Å². The molecular formula is C11H11F2NO5. The van der Waals surface area contributed by atoms with E-state index in [1.165, 1.54) is 6.92 Å². The number of nitrogens with zero attached hydrogens (tertiary/aromatic N) is 1. The van der Waals surface area contributed by atoms with Gasteiger partial charge < -0.3 is 9.47 Å². The molecule has 0 aliphatic rings. The lowest BCUT2D eigenvalue weighted by atomic mass is 10.2. The van der Waals surface area contributed by atoms with Gasteiger partial charge in [-0.05, 0) is 13.8 Å². The van der Waals surface area contributed by atoms with Crippen LogP contribution < -0.4 is 4.74 Å². The number of esters is 1. The molecule has 0 amide bonds. The molecule has 1 rings (SSSR count). The quantitative estimate of drug-likeness (QED) is 0.467. The highest BCUT2D eigenvalue weighted by Gasteiger charge is 2.26. The first-order chi connectivity index (χ1) is 8.86. The molecule has 6 nitrogen and oxygen atoms in total. The van der Waals surface area contributed by atoms with Crippen molar-refractivity contribution in [1.82, 2.24) is 0 Å². The molecule has 0 N–H and O–H groups in total. The molecule has 0 aliphatic carbocycles. The van der Waals surface area contributed by atoms with Crippen LogP contribution in [0.15, 0.2) is 12.1 Å². The Hall–Kier alpha value is -2.25. The fraction of sp³-hybridized carbons (Fsp3) is 0.364. The molecule has 0 unspecified atom stereocenters. The SMILES string of the molecule is CCOC(=O)[C@@H](C)Oc1c(F)cc(F)cc1[N+](=O)[O-]. The summed E-state index contributed by atoms with van der Waals surface area (Å²) in [6.07, 6.45) is -1.25. The van der Waals surface area contributed by atoms with E-state index >= 15 is 0 Å². The van der Waals surface area contributed by atoms with E-state index in [4.69, 9.17) is 4.74 Å². The first-order valence-corrected chi connectivity index (χ1v) is 5.33. The molecule has 104 valence electrons. The van der Waals surface area contributed by atoms with Gasteiger partial charge in [0.05, 0.1) is 17.6 Å². The molecule has 1 atom stereocenters. The van der Waals surface area contributed by atoms with Gasteiger partial charge in [-0.15, -0.1) is 0 Å². The van der Waals surface area contributed by atoms with E-state index in [1.807, 2.05) is 0 Å². The maximum Gasteiger partial charge on any atom is 0.347 e. The third-order valence-electron chi connectivity index (χ3n) is 2.10. The van der Waals surface area contributed by atoms with E-state index in [0.717, 1.165) is 0 Å². The van der Waals surface area contributed by atoms with Crippen molar-refractivity contribution in [2.45, 2.75) is 20.0 Å². The molecule has 0 aromatic heterocycles. The van der Waals surface area contributed by atoms with Gasteiger partial charge in [0.15, 0.2) is 11.9 Å². The lowest BCUT2D eigenvalue weighted by molar-refractivity contribution is -0.386. The minimum Gasteiger partial charge on any atom is -0.470 e. The standard InChI is InChI=1S/C11H11F2NO5/c1-3-18-11(15)6(2)19-10-8(13)4-7(12)5-9(10)14(16)17/h4-6H,3H2,1-2H3/t6-/m1/s1. The fourth-order valence-corrected chi connectivity index (χ4v) is 1.28. The first-order valence-electron chi connectivity index (χ1n) is 5.33. The van der Waals surface area contributed by atoms with Crippen LogP contribution in [0.4, 0.5) is 14.5 Å². The van der Waals surface area contributed by atoms with Crippen LogP contribution in [-0.4, -0.2) is 23.6 Å². The largest absolute Gasteiger partial charge is 0.470 e. The zero-order chi connectivity index (χ0) is 14.6. The monoisotopic (exact) mass is 275 g/mol. The molecular weight excluding hydrogens is 264 g/mol. The van der Waals surface area contributed by atoms with Gasteiger partial charge in [-0.1, -0.05) is 0 Å². The number of carbonyl (C=O) groups excluding carboxylic acids is 1. The Morgan fingerprint density at radius 1 is 1.47 bits per heavy atom. The number of hydrogen-bond donors (Lipinski definition) is 0. The molecule has 0 aliphatic heterocycles. The van der Waals surface area contributed by atoms with Crippen LogP contribution in [0.5, 0.6) is 5.75 Å². The van der Waals surface area contributed by atoms with Crippen LogP contribution in [0.1, 0.15) is 13.8 Å². The van der Waals surface area contributed by atoms with E-state index in [1.54, 1.807) is 6.92 Å². The van der Waals surface area contributed by atoms with Crippen molar-refractivity contribution in [3.8, 4) is 5.75 Å². The molecule has 8 heteroatoms. The van der Waals surface area contributed by atoms with E-state index in [9.17, 15) is 23.7 Å². The second kappa shape index (κ2) is 6.07. The number of carbonyl (C=O) groups is 1. The molecule has 0 bridgehead atoms. The summed E-state index contributed by atoms with van der Waals surface area (Å²) >= 11 is 0. The Labute approximate surface area is 107 Å². The molecule has 1 aromatic rings. The van der Waals surface area contributed by atoms with Gasteiger partial charge in [0, 0.05) is 6.07 Å². The van der Waals surface area contributed by atoms with Crippen LogP contribution >= 0.6 is 0 Å².